The van der Waals surface area contributed by atoms with Gasteiger partial charge in [-0.25, -0.2) is 0 Å². The largest absolute Gasteiger partial charge is 0.310 e. The van der Waals surface area contributed by atoms with E-state index in [2.05, 4.69) is 180 Å². The summed E-state index contributed by atoms with van der Waals surface area (Å²) in [5, 5.41) is 3.43. The molecule has 3 heteroatoms. The van der Waals surface area contributed by atoms with Gasteiger partial charge in [0.2, 0.25) is 0 Å². The van der Waals surface area contributed by atoms with Crippen LogP contribution in [-0.4, -0.2) is 6.54 Å². The van der Waals surface area contributed by atoms with Crippen molar-refractivity contribution in [2.24, 2.45) is 0 Å². The molecule has 1 fully saturated rings. The molecule has 0 aromatic heterocycles. The number of nitrogens with one attached hydrogen (secondary N) is 1. The van der Waals surface area contributed by atoms with Gasteiger partial charge in [-0.05, 0) is 102 Å². The van der Waals surface area contributed by atoms with Crippen molar-refractivity contribution in [3.63, 3.8) is 0 Å². The average molecular weight is 544 g/mol. The molecule has 1 atom stereocenters. The Hall–Kier alpha value is -5.12. The van der Waals surface area contributed by atoms with Crippen LogP contribution in [0.5, 0.6) is 0 Å². The van der Waals surface area contributed by atoms with Crippen LogP contribution in [0.3, 0.4) is 0 Å². The molecular formula is C39H33N3. The van der Waals surface area contributed by atoms with Gasteiger partial charge < -0.3 is 15.1 Å². The minimum absolute atomic E-state index is 0.469. The van der Waals surface area contributed by atoms with Gasteiger partial charge >= 0.3 is 0 Å². The zero-order valence-corrected chi connectivity index (χ0v) is 23.7. The molecule has 0 bridgehead atoms. The standard InChI is InChI=1S/C39H33N3/c1-29-10-8-16-37(26-29)41(33-12-4-2-5-13-33)35-22-18-30(19-23-35)31-20-24-36(25-21-31)42(34-14-6-3-7-15-34)38-17-9-11-32(27-38)39-28-40-39/h2-27,39-40H,28H2,1H3. The molecule has 1 unspecified atom stereocenters. The molecule has 1 aliphatic rings. The lowest BCUT2D eigenvalue weighted by molar-refractivity contribution is 1.07. The van der Waals surface area contributed by atoms with E-state index in [0.29, 0.717) is 6.04 Å². The fourth-order valence-electron chi connectivity index (χ4n) is 5.60. The van der Waals surface area contributed by atoms with E-state index in [1.807, 2.05) is 0 Å². The Kier molecular flexibility index (Phi) is 7.01. The summed E-state index contributed by atoms with van der Waals surface area (Å²) >= 11 is 0. The Morgan fingerprint density at radius 3 is 1.36 bits per heavy atom. The summed E-state index contributed by atoms with van der Waals surface area (Å²) in [6, 6.07) is 56.9. The zero-order chi connectivity index (χ0) is 28.3. The van der Waals surface area contributed by atoms with Crippen LogP contribution in [0.2, 0.25) is 0 Å². The molecule has 1 N–H and O–H groups in total. The predicted molar refractivity (Wildman–Crippen MR) is 177 cm³/mol. The molecule has 6 aromatic rings. The summed E-state index contributed by atoms with van der Waals surface area (Å²) in [5.41, 5.74) is 11.8. The van der Waals surface area contributed by atoms with E-state index in [1.54, 1.807) is 0 Å². The first-order valence-corrected chi connectivity index (χ1v) is 14.5. The molecule has 204 valence electrons. The minimum atomic E-state index is 0.469. The molecule has 0 amide bonds. The molecule has 0 radical (unpaired) electrons. The van der Waals surface area contributed by atoms with Crippen molar-refractivity contribution < 1.29 is 0 Å². The van der Waals surface area contributed by atoms with E-state index < -0.39 is 0 Å². The Morgan fingerprint density at radius 2 is 0.881 bits per heavy atom. The van der Waals surface area contributed by atoms with Gasteiger partial charge in [-0.1, -0.05) is 84.9 Å². The lowest BCUT2D eigenvalue weighted by Gasteiger charge is -2.26. The van der Waals surface area contributed by atoms with Crippen LogP contribution in [0.1, 0.15) is 17.2 Å². The number of anilines is 6. The van der Waals surface area contributed by atoms with Crippen LogP contribution in [0.15, 0.2) is 158 Å². The van der Waals surface area contributed by atoms with Gasteiger partial charge in [0.1, 0.15) is 0 Å². The van der Waals surface area contributed by atoms with Crippen molar-refractivity contribution in [1.82, 2.24) is 5.32 Å². The van der Waals surface area contributed by atoms with Gasteiger partial charge in [0, 0.05) is 46.7 Å². The molecular weight excluding hydrogens is 510 g/mol. The fraction of sp³-hybridized carbons (Fsp3) is 0.0769. The summed E-state index contributed by atoms with van der Waals surface area (Å²) in [6.07, 6.45) is 0. The Balaban J connectivity index is 1.20. The number of hydrogen-bond donors (Lipinski definition) is 1. The highest BCUT2D eigenvalue weighted by molar-refractivity contribution is 5.81. The second-order valence-electron chi connectivity index (χ2n) is 10.8. The Labute approximate surface area is 248 Å². The van der Waals surface area contributed by atoms with E-state index in [4.69, 9.17) is 0 Å². The fourth-order valence-corrected chi connectivity index (χ4v) is 5.60. The quantitative estimate of drug-likeness (QED) is 0.194. The molecule has 42 heavy (non-hydrogen) atoms. The van der Waals surface area contributed by atoms with Crippen LogP contribution >= 0.6 is 0 Å². The third-order valence-electron chi connectivity index (χ3n) is 7.81. The average Bonchev–Trinajstić information content (AvgIpc) is 3.90. The third-order valence-corrected chi connectivity index (χ3v) is 7.81. The predicted octanol–water partition coefficient (Wildman–Crippen LogP) is 10.2. The first-order chi connectivity index (χ1) is 20.7. The number of nitrogens with zero attached hydrogens (tertiary/aromatic N) is 2. The smallest absolute Gasteiger partial charge is 0.0464 e. The molecule has 0 aliphatic carbocycles. The molecule has 6 aromatic carbocycles. The van der Waals surface area contributed by atoms with E-state index >= 15 is 0 Å². The SMILES string of the molecule is Cc1cccc(N(c2ccccc2)c2ccc(-c3ccc(N(c4ccccc4)c4cccc(C5CN5)c4)cc3)cc2)c1. The molecule has 3 nitrogen and oxygen atoms in total. The van der Waals surface area contributed by atoms with Crippen LogP contribution in [0.25, 0.3) is 11.1 Å². The van der Waals surface area contributed by atoms with E-state index in [1.165, 1.54) is 27.9 Å². The lowest BCUT2D eigenvalue weighted by Crippen LogP contribution is -2.10. The maximum atomic E-state index is 3.43. The van der Waals surface area contributed by atoms with Crippen LogP contribution in [-0.2, 0) is 0 Å². The molecule has 1 saturated heterocycles. The van der Waals surface area contributed by atoms with E-state index in [9.17, 15) is 0 Å². The second-order valence-corrected chi connectivity index (χ2v) is 10.8. The summed E-state index contributed by atoms with van der Waals surface area (Å²) in [4.78, 5) is 4.64. The number of aryl methyl sites for hydroxylation is 1. The maximum absolute atomic E-state index is 3.43. The highest BCUT2D eigenvalue weighted by atomic mass is 15.1. The lowest BCUT2D eigenvalue weighted by atomic mass is 10.0. The summed E-state index contributed by atoms with van der Waals surface area (Å²) in [5.74, 6) is 0. The summed E-state index contributed by atoms with van der Waals surface area (Å²) in [7, 11) is 0. The van der Waals surface area contributed by atoms with Gasteiger partial charge in [0.25, 0.3) is 0 Å². The van der Waals surface area contributed by atoms with Crippen molar-refractivity contribution in [3.05, 3.63) is 169 Å². The zero-order valence-electron chi connectivity index (χ0n) is 23.7. The van der Waals surface area contributed by atoms with Gasteiger partial charge in [-0.15, -0.1) is 0 Å². The van der Waals surface area contributed by atoms with Crippen molar-refractivity contribution >= 4 is 34.1 Å². The topological polar surface area (TPSA) is 28.4 Å². The summed E-state index contributed by atoms with van der Waals surface area (Å²) < 4.78 is 0. The van der Waals surface area contributed by atoms with Crippen molar-refractivity contribution in [2.45, 2.75) is 13.0 Å². The van der Waals surface area contributed by atoms with Crippen LogP contribution < -0.4 is 15.1 Å². The van der Waals surface area contributed by atoms with Gasteiger partial charge in [0.15, 0.2) is 0 Å². The van der Waals surface area contributed by atoms with E-state index in [-0.39, 0.29) is 0 Å². The van der Waals surface area contributed by atoms with Crippen LogP contribution in [0, 0.1) is 6.92 Å². The Bertz CT molecular complexity index is 1770. The third kappa shape index (κ3) is 5.43. The van der Waals surface area contributed by atoms with Gasteiger partial charge in [-0.2, -0.15) is 0 Å². The number of rotatable bonds is 8. The Morgan fingerprint density at radius 1 is 0.452 bits per heavy atom. The molecule has 1 aliphatic heterocycles. The monoisotopic (exact) mass is 543 g/mol. The van der Waals surface area contributed by atoms with E-state index in [0.717, 1.165) is 35.0 Å². The van der Waals surface area contributed by atoms with Crippen LogP contribution in [0.4, 0.5) is 34.1 Å². The second kappa shape index (κ2) is 11.4. The minimum Gasteiger partial charge on any atom is -0.310 e. The van der Waals surface area contributed by atoms with Crippen molar-refractivity contribution in [1.29, 1.82) is 0 Å². The molecule has 0 spiro atoms. The summed E-state index contributed by atoms with van der Waals surface area (Å²) in [6.45, 7) is 3.19. The maximum Gasteiger partial charge on any atom is 0.0464 e. The highest BCUT2D eigenvalue weighted by Crippen LogP contribution is 2.39. The van der Waals surface area contributed by atoms with Gasteiger partial charge in [-0.3, -0.25) is 0 Å². The number of hydrogen-bond acceptors (Lipinski definition) is 3. The molecule has 1 heterocycles. The first-order valence-electron chi connectivity index (χ1n) is 14.5. The van der Waals surface area contributed by atoms with Crippen molar-refractivity contribution in [3.8, 4) is 11.1 Å². The molecule has 7 rings (SSSR count). The molecule has 0 saturated carbocycles. The number of para-hydroxylation sites is 2. The highest BCUT2D eigenvalue weighted by Gasteiger charge is 2.23. The van der Waals surface area contributed by atoms with Gasteiger partial charge in [0.05, 0.1) is 0 Å². The van der Waals surface area contributed by atoms with Crippen molar-refractivity contribution in [2.75, 3.05) is 16.3 Å². The normalized spacial score (nSPS) is 13.9. The first kappa shape index (κ1) is 25.8. The number of benzene rings is 6.